The van der Waals surface area contributed by atoms with E-state index in [0.29, 0.717) is 13.1 Å². The van der Waals surface area contributed by atoms with E-state index in [1.165, 1.54) is 17.8 Å². The third-order valence-electron chi connectivity index (χ3n) is 5.85. The Morgan fingerprint density at radius 3 is 2.57 bits per heavy atom. The van der Waals surface area contributed by atoms with Crippen LogP contribution in [0.15, 0.2) is 41.8 Å². The number of hydrogen-bond donors (Lipinski definition) is 0. The number of nitrogens with zero attached hydrogens (tertiary/aromatic N) is 2. The number of ether oxygens (including phenoxy) is 1. The third-order valence-corrected chi connectivity index (χ3v) is 6.70. The van der Waals surface area contributed by atoms with Gasteiger partial charge in [-0.2, -0.15) is 0 Å². The summed E-state index contributed by atoms with van der Waals surface area (Å²) >= 11 is 1.45. The van der Waals surface area contributed by atoms with Crippen LogP contribution in [0.4, 0.5) is 0 Å². The van der Waals surface area contributed by atoms with Crippen molar-refractivity contribution in [2.24, 2.45) is 5.92 Å². The molecule has 1 aromatic heterocycles. The van der Waals surface area contributed by atoms with Gasteiger partial charge in [0.05, 0.1) is 17.9 Å². The van der Waals surface area contributed by atoms with Crippen LogP contribution in [0.1, 0.15) is 40.4 Å². The highest BCUT2D eigenvalue weighted by atomic mass is 32.1. The second-order valence-corrected chi connectivity index (χ2v) is 8.51. The lowest BCUT2D eigenvalue weighted by atomic mass is 9.87. The Labute approximate surface area is 169 Å². The minimum Gasteiger partial charge on any atom is -0.497 e. The van der Waals surface area contributed by atoms with Crippen molar-refractivity contribution in [3.05, 3.63) is 52.2 Å². The Morgan fingerprint density at radius 1 is 1.04 bits per heavy atom. The molecule has 4 rings (SSSR count). The Kier molecular flexibility index (Phi) is 5.67. The second-order valence-electron chi connectivity index (χ2n) is 7.56. The summed E-state index contributed by atoms with van der Waals surface area (Å²) in [6.45, 7) is 2.71. The van der Waals surface area contributed by atoms with Crippen LogP contribution in [0.2, 0.25) is 0 Å². The molecule has 0 aliphatic carbocycles. The minimum atomic E-state index is -0.200. The summed E-state index contributed by atoms with van der Waals surface area (Å²) in [7, 11) is 1.65. The highest BCUT2D eigenvalue weighted by Gasteiger charge is 2.42. The first kappa shape index (κ1) is 19.0. The van der Waals surface area contributed by atoms with Gasteiger partial charge in [-0.25, -0.2) is 0 Å². The third kappa shape index (κ3) is 3.78. The average Bonchev–Trinajstić information content (AvgIpc) is 3.44. The lowest BCUT2D eigenvalue weighted by molar-refractivity contribution is -0.136. The van der Waals surface area contributed by atoms with Crippen LogP contribution < -0.4 is 4.74 Å². The molecule has 5 nitrogen and oxygen atoms in total. The molecule has 2 aliphatic heterocycles. The van der Waals surface area contributed by atoms with Crippen molar-refractivity contribution in [2.45, 2.75) is 25.2 Å². The molecule has 0 radical (unpaired) electrons. The molecule has 2 unspecified atom stereocenters. The molecule has 2 aliphatic rings. The lowest BCUT2D eigenvalue weighted by Gasteiger charge is -2.31. The number of methoxy groups -OCH3 is 1. The van der Waals surface area contributed by atoms with E-state index in [9.17, 15) is 9.59 Å². The van der Waals surface area contributed by atoms with Crippen LogP contribution in [-0.2, 0) is 4.79 Å². The molecule has 1 aromatic carbocycles. The van der Waals surface area contributed by atoms with Crippen molar-refractivity contribution >= 4 is 23.2 Å². The number of carbonyl (C=O) groups excluding carboxylic acids is 2. The molecule has 2 aromatic rings. The molecule has 2 amide bonds. The first-order valence-electron chi connectivity index (χ1n) is 9.93. The Hall–Kier alpha value is -2.34. The number of carbonyl (C=O) groups is 2. The van der Waals surface area contributed by atoms with Gasteiger partial charge in [0, 0.05) is 32.1 Å². The Balaban J connectivity index is 1.61. The molecular formula is C22H26N2O3S. The van der Waals surface area contributed by atoms with Crippen molar-refractivity contribution in [1.29, 1.82) is 0 Å². The monoisotopic (exact) mass is 398 g/mol. The fraction of sp³-hybridized carbons (Fsp3) is 0.455. The topological polar surface area (TPSA) is 49.9 Å². The number of amides is 2. The summed E-state index contributed by atoms with van der Waals surface area (Å²) in [5.41, 5.74) is 1.07. The number of hydrogen-bond acceptors (Lipinski definition) is 4. The van der Waals surface area contributed by atoms with Gasteiger partial charge in [-0.15, -0.1) is 11.3 Å². The van der Waals surface area contributed by atoms with E-state index in [4.69, 9.17) is 4.74 Å². The van der Waals surface area contributed by atoms with Gasteiger partial charge >= 0.3 is 0 Å². The molecular weight excluding hydrogens is 372 g/mol. The molecule has 0 spiro atoms. The van der Waals surface area contributed by atoms with Crippen LogP contribution >= 0.6 is 11.3 Å². The Bertz CT molecular complexity index is 830. The van der Waals surface area contributed by atoms with E-state index in [2.05, 4.69) is 0 Å². The van der Waals surface area contributed by atoms with E-state index in [0.717, 1.165) is 42.1 Å². The highest BCUT2D eigenvalue weighted by molar-refractivity contribution is 7.12. The average molecular weight is 399 g/mol. The predicted octanol–water partition coefficient (Wildman–Crippen LogP) is 3.63. The van der Waals surface area contributed by atoms with E-state index in [-0.39, 0.29) is 23.7 Å². The molecule has 2 fully saturated rings. The molecule has 0 bridgehead atoms. The second kappa shape index (κ2) is 8.35. The molecule has 28 heavy (non-hydrogen) atoms. The molecule has 2 atom stereocenters. The van der Waals surface area contributed by atoms with Gasteiger partial charge in [-0.05, 0) is 48.4 Å². The SMILES string of the molecule is COc1cccc(C2CN(C(=O)c3cccs3)CC2C(=O)N2CCCCC2)c1. The quantitative estimate of drug-likeness (QED) is 0.790. The summed E-state index contributed by atoms with van der Waals surface area (Å²) in [5.74, 6) is 0.790. The van der Waals surface area contributed by atoms with Gasteiger partial charge in [-0.1, -0.05) is 18.2 Å². The van der Waals surface area contributed by atoms with Crippen LogP contribution in [0, 0.1) is 5.92 Å². The van der Waals surface area contributed by atoms with Crippen LogP contribution in [0.3, 0.4) is 0 Å². The summed E-state index contributed by atoms with van der Waals surface area (Å²) in [5, 5.41) is 1.92. The van der Waals surface area contributed by atoms with Crippen molar-refractivity contribution < 1.29 is 14.3 Å². The van der Waals surface area contributed by atoms with Gasteiger partial charge in [-0.3, -0.25) is 9.59 Å². The number of likely N-dealkylation sites (tertiary alicyclic amines) is 2. The largest absolute Gasteiger partial charge is 0.497 e. The smallest absolute Gasteiger partial charge is 0.263 e. The first-order chi connectivity index (χ1) is 13.7. The molecule has 148 valence electrons. The van der Waals surface area contributed by atoms with Gasteiger partial charge in [0.1, 0.15) is 5.75 Å². The normalized spacial score (nSPS) is 22.3. The maximum absolute atomic E-state index is 13.4. The zero-order valence-electron chi connectivity index (χ0n) is 16.2. The predicted molar refractivity (Wildman–Crippen MR) is 110 cm³/mol. The van der Waals surface area contributed by atoms with Crippen LogP contribution in [0.25, 0.3) is 0 Å². The van der Waals surface area contributed by atoms with Crippen molar-refractivity contribution in [2.75, 3.05) is 33.3 Å². The molecule has 0 N–H and O–H groups in total. The van der Waals surface area contributed by atoms with Gasteiger partial charge in [0.25, 0.3) is 5.91 Å². The number of benzene rings is 1. The van der Waals surface area contributed by atoms with Crippen molar-refractivity contribution in [3.8, 4) is 5.75 Å². The maximum Gasteiger partial charge on any atom is 0.263 e. The molecule has 2 saturated heterocycles. The van der Waals surface area contributed by atoms with E-state index in [1.54, 1.807) is 7.11 Å². The molecule has 0 saturated carbocycles. The van der Waals surface area contributed by atoms with Crippen LogP contribution in [0.5, 0.6) is 5.75 Å². The standard InChI is InChI=1S/C22H26N2O3S/c1-27-17-8-5-7-16(13-17)18-14-24(22(26)20-9-6-12-28-20)15-19(18)21(25)23-10-3-2-4-11-23/h5-9,12-13,18-19H,2-4,10-11,14-15H2,1H3. The fourth-order valence-corrected chi connectivity index (χ4v) is 5.03. The summed E-state index contributed by atoms with van der Waals surface area (Å²) < 4.78 is 5.39. The fourth-order valence-electron chi connectivity index (χ4n) is 4.33. The zero-order valence-corrected chi connectivity index (χ0v) is 17.0. The summed E-state index contributed by atoms with van der Waals surface area (Å²) in [6.07, 6.45) is 3.33. The molecule has 6 heteroatoms. The minimum absolute atomic E-state index is 0.00608. The van der Waals surface area contributed by atoms with Gasteiger partial charge < -0.3 is 14.5 Å². The van der Waals surface area contributed by atoms with E-state index < -0.39 is 0 Å². The molecule has 3 heterocycles. The highest BCUT2D eigenvalue weighted by Crippen LogP contribution is 2.36. The van der Waals surface area contributed by atoms with E-state index >= 15 is 0 Å². The van der Waals surface area contributed by atoms with Gasteiger partial charge in [0.2, 0.25) is 5.91 Å². The zero-order chi connectivity index (χ0) is 19.5. The maximum atomic E-state index is 13.4. The first-order valence-corrected chi connectivity index (χ1v) is 10.8. The van der Waals surface area contributed by atoms with Gasteiger partial charge in [0.15, 0.2) is 0 Å². The number of piperidine rings is 1. The number of thiophene rings is 1. The van der Waals surface area contributed by atoms with Crippen LogP contribution in [-0.4, -0.2) is 54.9 Å². The summed E-state index contributed by atoms with van der Waals surface area (Å²) in [6, 6.07) is 11.7. The summed E-state index contributed by atoms with van der Waals surface area (Å²) in [4.78, 5) is 30.9. The van der Waals surface area contributed by atoms with Crippen molar-refractivity contribution in [3.63, 3.8) is 0 Å². The van der Waals surface area contributed by atoms with Crippen molar-refractivity contribution in [1.82, 2.24) is 9.80 Å². The Morgan fingerprint density at radius 2 is 1.86 bits per heavy atom. The van der Waals surface area contributed by atoms with E-state index in [1.807, 2.05) is 51.6 Å². The number of rotatable bonds is 4. The lowest BCUT2D eigenvalue weighted by Crippen LogP contribution is -2.42.